The third-order valence-corrected chi connectivity index (χ3v) is 4.80. The Morgan fingerprint density at radius 1 is 1.21 bits per heavy atom. The number of piperidine rings is 1. The predicted octanol–water partition coefficient (Wildman–Crippen LogP) is 3.89. The first-order valence-electron chi connectivity index (χ1n) is 8.64. The topological polar surface area (TPSA) is 41.3 Å². The average Bonchev–Trinajstić information content (AvgIpc) is 3.03. The molecule has 0 atom stereocenters. The van der Waals surface area contributed by atoms with Crippen LogP contribution in [0.1, 0.15) is 30.6 Å². The third kappa shape index (κ3) is 5.07. The minimum absolute atomic E-state index is 0. The molecule has 3 rings (SSSR count). The van der Waals surface area contributed by atoms with Crippen LogP contribution in [0.25, 0.3) is 11.3 Å². The van der Waals surface area contributed by atoms with Gasteiger partial charge in [-0.05, 0) is 58.8 Å². The fourth-order valence-corrected chi connectivity index (χ4v) is 3.25. The van der Waals surface area contributed by atoms with Crippen molar-refractivity contribution in [1.29, 1.82) is 0 Å². The molecule has 2 aromatic rings. The van der Waals surface area contributed by atoms with E-state index in [1.165, 1.54) is 24.8 Å². The minimum atomic E-state index is 0. The van der Waals surface area contributed by atoms with E-state index in [9.17, 15) is 0 Å². The molecule has 1 aromatic carbocycles. The van der Waals surface area contributed by atoms with Crippen molar-refractivity contribution in [2.24, 2.45) is 5.92 Å². The number of rotatable bonds is 6. The molecule has 0 amide bonds. The second-order valence-electron chi connectivity index (χ2n) is 6.66. The van der Waals surface area contributed by atoms with Crippen molar-refractivity contribution in [3.8, 4) is 11.3 Å². The Kier molecular flexibility index (Phi) is 7.28. The largest absolute Gasteiger partial charge is 0.359 e. The van der Waals surface area contributed by atoms with E-state index in [2.05, 4.69) is 52.6 Å². The Labute approximate surface area is 151 Å². The molecule has 0 spiro atoms. The highest BCUT2D eigenvalue weighted by atomic mass is 35.5. The second-order valence-corrected chi connectivity index (χ2v) is 6.66. The standard InChI is InChI=1S/C19H27N3O.ClH/c1-15-3-5-17(6-4-15)19-13-18(23-21-19)14-22-11-8-16(9-12-22)7-10-20-2;/h3-6,13,16,20H,7-12,14H2,1-2H3;1H. The van der Waals surface area contributed by atoms with Crippen LogP contribution in [-0.4, -0.2) is 36.7 Å². The van der Waals surface area contributed by atoms with Crippen molar-refractivity contribution in [2.45, 2.75) is 32.7 Å². The fraction of sp³-hybridized carbons (Fsp3) is 0.526. The summed E-state index contributed by atoms with van der Waals surface area (Å²) in [5.41, 5.74) is 3.32. The molecule has 2 heterocycles. The van der Waals surface area contributed by atoms with Crippen LogP contribution in [0.5, 0.6) is 0 Å². The first kappa shape index (κ1) is 19.0. The maximum atomic E-state index is 5.54. The Morgan fingerprint density at radius 3 is 2.58 bits per heavy atom. The van der Waals surface area contributed by atoms with Gasteiger partial charge in [0.25, 0.3) is 0 Å². The number of aromatic nitrogens is 1. The molecule has 5 heteroatoms. The van der Waals surface area contributed by atoms with Crippen molar-refractivity contribution in [3.05, 3.63) is 41.7 Å². The molecule has 0 radical (unpaired) electrons. The minimum Gasteiger partial charge on any atom is -0.359 e. The van der Waals surface area contributed by atoms with Crippen LogP contribution in [0.4, 0.5) is 0 Å². The van der Waals surface area contributed by atoms with Gasteiger partial charge in [0.2, 0.25) is 0 Å². The summed E-state index contributed by atoms with van der Waals surface area (Å²) in [6.07, 6.45) is 3.88. The molecule has 0 aliphatic carbocycles. The van der Waals surface area contributed by atoms with E-state index >= 15 is 0 Å². The van der Waals surface area contributed by atoms with Crippen LogP contribution < -0.4 is 5.32 Å². The van der Waals surface area contributed by atoms with Gasteiger partial charge in [0, 0.05) is 11.6 Å². The highest BCUT2D eigenvalue weighted by molar-refractivity contribution is 5.85. The Balaban J connectivity index is 0.00000208. The summed E-state index contributed by atoms with van der Waals surface area (Å²) in [6, 6.07) is 10.5. The normalized spacial score (nSPS) is 16.1. The zero-order valence-electron chi connectivity index (χ0n) is 14.6. The molecular formula is C19H28ClN3O. The van der Waals surface area contributed by atoms with E-state index in [4.69, 9.17) is 4.52 Å². The Hall–Kier alpha value is -1.36. The molecule has 132 valence electrons. The lowest BCUT2D eigenvalue weighted by Gasteiger charge is -2.31. The van der Waals surface area contributed by atoms with E-state index in [1.807, 2.05) is 7.05 Å². The van der Waals surface area contributed by atoms with Gasteiger partial charge in [0.05, 0.1) is 6.54 Å². The van der Waals surface area contributed by atoms with Crippen molar-refractivity contribution in [1.82, 2.24) is 15.4 Å². The van der Waals surface area contributed by atoms with Crippen molar-refractivity contribution in [3.63, 3.8) is 0 Å². The number of nitrogens with one attached hydrogen (secondary N) is 1. The molecule has 1 aliphatic heterocycles. The summed E-state index contributed by atoms with van der Waals surface area (Å²) < 4.78 is 5.54. The van der Waals surface area contributed by atoms with Crippen LogP contribution in [0.3, 0.4) is 0 Å². The summed E-state index contributed by atoms with van der Waals surface area (Å²) in [7, 11) is 2.03. The van der Waals surface area contributed by atoms with Gasteiger partial charge in [0.1, 0.15) is 5.69 Å². The lowest BCUT2D eigenvalue weighted by molar-refractivity contribution is 0.158. The van der Waals surface area contributed by atoms with Crippen LogP contribution in [-0.2, 0) is 6.54 Å². The van der Waals surface area contributed by atoms with Gasteiger partial charge in [0.15, 0.2) is 5.76 Å². The van der Waals surface area contributed by atoms with Crippen molar-refractivity contribution in [2.75, 3.05) is 26.7 Å². The molecule has 1 aliphatic rings. The zero-order valence-corrected chi connectivity index (χ0v) is 15.4. The van der Waals surface area contributed by atoms with Gasteiger partial charge in [-0.15, -0.1) is 12.4 Å². The van der Waals surface area contributed by atoms with Gasteiger partial charge in [-0.25, -0.2) is 0 Å². The van der Waals surface area contributed by atoms with Gasteiger partial charge in [-0.3, -0.25) is 4.90 Å². The first-order chi connectivity index (χ1) is 11.2. The summed E-state index contributed by atoms with van der Waals surface area (Å²) in [4.78, 5) is 2.48. The van der Waals surface area contributed by atoms with Crippen molar-refractivity contribution >= 4 is 12.4 Å². The van der Waals surface area contributed by atoms with Gasteiger partial charge < -0.3 is 9.84 Å². The summed E-state index contributed by atoms with van der Waals surface area (Å²) in [5, 5.41) is 7.48. The number of benzene rings is 1. The molecule has 1 fully saturated rings. The first-order valence-corrected chi connectivity index (χ1v) is 8.64. The molecule has 0 unspecified atom stereocenters. The van der Waals surface area contributed by atoms with Crippen LogP contribution in [0, 0.1) is 12.8 Å². The number of likely N-dealkylation sites (tertiary alicyclic amines) is 1. The van der Waals surface area contributed by atoms with Crippen molar-refractivity contribution < 1.29 is 4.52 Å². The molecule has 0 saturated carbocycles. The van der Waals surface area contributed by atoms with Crippen LogP contribution in [0.15, 0.2) is 34.9 Å². The molecule has 4 nitrogen and oxygen atoms in total. The van der Waals surface area contributed by atoms with E-state index in [-0.39, 0.29) is 12.4 Å². The SMILES string of the molecule is CNCCC1CCN(Cc2cc(-c3ccc(C)cc3)no2)CC1.Cl. The smallest absolute Gasteiger partial charge is 0.151 e. The molecule has 24 heavy (non-hydrogen) atoms. The predicted molar refractivity (Wildman–Crippen MR) is 100 cm³/mol. The Morgan fingerprint density at radius 2 is 1.92 bits per heavy atom. The summed E-state index contributed by atoms with van der Waals surface area (Å²) in [6.45, 7) is 6.42. The number of aryl methyl sites for hydroxylation is 1. The average molecular weight is 350 g/mol. The lowest BCUT2D eigenvalue weighted by atomic mass is 9.93. The zero-order chi connectivity index (χ0) is 16.1. The number of nitrogens with zero attached hydrogens (tertiary/aromatic N) is 2. The number of halogens is 1. The highest BCUT2D eigenvalue weighted by Crippen LogP contribution is 2.24. The fourth-order valence-electron chi connectivity index (χ4n) is 3.25. The molecule has 0 bridgehead atoms. The molecule has 1 saturated heterocycles. The number of hydrogen-bond donors (Lipinski definition) is 1. The monoisotopic (exact) mass is 349 g/mol. The van der Waals surface area contributed by atoms with E-state index in [0.717, 1.165) is 49.1 Å². The van der Waals surface area contributed by atoms with Gasteiger partial charge >= 0.3 is 0 Å². The maximum Gasteiger partial charge on any atom is 0.151 e. The Bertz CT molecular complexity index is 603. The molecular weight excluding hydrogens is 322 g/mol. The number of hydrogen-bond acceptors (Lipinski definition) is 4. The highest BCUT2D eigenvalue weighted by Gasteiger charge is 2.20. The van der Waals surface area contributed by atoms with E-state index < -0.39 is 0 Å². The molecule has 1 aromatic heterocycles. The summed E-state index contributed by atoms with van der Waals surface area (Å²) >= 11 is 0. The maximum absolute atomic E-state index is 5.54. The summed E-state index contributed by atoms with van der Waals surface area (Å²) in [5.74, 6) is 1.84. The van der Waals surface area contributed by atoms with Gasteiger partial charge in [-0.1, -0.05) is 35.0 Å². The van der Waals surface area contributed by atoms with Crippen LogP contribution in [0.2, 0.25) is 0 Å². The molecule has 1 N–H and O–H groups in total. The second kappa shape index (κ2) is 9.21. The third-order valence-electron chi connectivity index (χ3n) is 4.80. The lowest BCUT2D eigenvalue weighted by Crippen LogP contribution is -2.33. The van der Waals surface area contributed by atoms with Crippen LogP contribution >= 0.6 is 12.4 Å². The van der Waals surface area contributed by atoms with E-state index in [0.29, 0.717) is 0 Å². The van der Waals surface area contributed by atoms with E-state index in [1.54, 1.807) is 0 Å². The van der Waals surface area contributed by atoms with Gasteiger partial charge in [-0.2, -0.15) is 0 Å². The quantitative estimate of drug-likeness (QED) is 0.858.